The Labute approximate surface area is 120 Å². The summed E-state index contributed by atoms with van der Waals surface area (Å²) in [5.41, 5.74) is 0.832. The number of pyridine rings is 1. The van der Waals surface area contributed by atoms with Crippen molar-refractivity contribution in [3.8, 4) is 0 Å². The van der Waals surface area contributed by atoms with E-state index in [1.165, 1.54) is 6.26 Å². The molecule has 2 rings (SSSR count). The number of anilines is 2. The normalized spacial score (nSPS) is 17.8. The Morgan fingerprint density at radius 2 is 2.10 bits per heavy atom. The van der Waals surface area contributed by atoms with Gasteiger partial charge in [0.15, 0.2) is 0 Å². The number of nitrogens with one attached hydrogen (secondary N) is 1. The van der Waals surface area contributed by atoms with Crippen molar-refractivity contribution in [1.29, 1.82) is 0 Å². The Hall–Kier alpha value is -1.34. The first-order valence-electron chi connectivity index (χ1n) is 6.67. The summed E-state index contributed by atoms with van der Waals surface area (Å²) < 4.78 is 27.7. The van der Waals surface area contributed by atoms with E-state index in [2.05, 4.69) is 15.2 Å². The van der Waals surface area contributed by atoms with Crippen LogP contribution in [-0.2, 0) is 14.6 Å². The van der Waals surface area contributed by atoms with Gasteiger partial charge in [-0.15, -0.1) is 0 Å². The predicted molar refractivity (Wildman–Crippen MR) is 80.1 cm³/mol. The minimum absolute atomic E-state index is 0.109. The molecule has 2 heterocycles. The minimum atomic E-state index is -2.97. The quantitative estimate of drug-likeness (QED) is 0.865. The van der Waals surface area contributed by atoms with Gasteiger partial charge in [0.05, 0.1) is 30.9 Å². The highest BCUT2D eigenvalue weighted by molar-refractivity contribution is 7.90. The molecule has 0 aromatic carbocycles. The molecule has 0 spiro atoms. The molecule has 0 amide bonds. The standard InChI is InChI=1S/C13H21N3O3S/c1-11(10-20(2,17)18)15-12-3-4-13(14-9-12)16-5-7-19-8-6-16/h3-4,9,11,15H,5-8,10H2,1-2H3. The highest BCUT2D eigenvalue weighted by Gasteiger charge is 2.13. The van der Waals surface area contributed by atoms with Crippen molar-refractivity contribution in [1.82, 2.24) is 4.98 Å². The fraction of sp³-hybridized carbons (Fsp3) is 0.615. The van der Waals surface area contributed by atoms with Crippen LogP contribution in [0.15, 0.2) is 18.3 Å². The molecular weight excluding hydrogens is 278 g/mol. The highest BCUT2D eigenvalue weighted by Crippen LogP contribution is 2.16. The molecule has 6 nitrogen and oxygen atoms in total. The molecule has 0 radical (unpaired) electrons. The Morgan fingerprint density at radius 3 is 2.65 bits per heavy atom. The first-order valence-corrected chi connectivity index (χ1v) is 8.73. The predicted octanol–water partition coefficient (Wildman–Crippen LogP) is 0.763. The van der Waals surface area contributed by atoms with Gasteiger partial charge in [0.2, 0.25) is 0 Å². The first-order chi connectivity index (χ1) is 9.44. The summed E-state index contributed by atoms with van der Waals surface area (Å²) in [4.78, 5) is 6.58. The fourth-order valence-corrected chi connectivity index (χ4v) is 3.22. The summed E-state index contributed by atoms with van der Waals surface area (Å²) in [5, 5.41) is 3.14. The maximum Gasteiger partial charge on any atom is 0.149 e. The Morgan fingerprint density at radius 1 is 1.40 bits per heavy atom. The molecule has 1 unspecified atom stereocenters. The van der Waals surface area contributed by atoms with E-state index in [1.807, 2.05) is 19.1 Å². The summed E-state index contributed by atoms with van der Waals surface area (Å²) in [7, 11) is -2.97. The van der Waals surface area contributed by atoms with E-state index in [1.54, 1.807) is 6.20 Å². The summed E-state index contributed by atoms with van der Waals surface area (Å²) in [5.74, 6) is 1.03. The van der Waals surface area contributed by atoms with Crippen LogP contribution < -0.4 is 10.2 Å². The first kappa shape index (κ1) is 15.1. The molecule has 20 heavy (non-hydrogen) atoms. The van der Waals surface area contributed by atoms with Crippen LogP contribution in [0.1, 0.15) is 6.92 Å². The zero-order valence-electron chi connectivity index (χ0n) is 11.9. The van der Waals surface area contributed by atoms with Crippen LogP contribution in [0, 0.1) is 0 Å². The van der Waals surface area contributed by atoms with Crippen LogP contribution in [0.5, 0.6) is 0 Å². The molecule has 1 aromatic rings. The van der Waals surface area contributed by atoms with Gasteiger partial charge in [-0.3, -0.25) is 0 Å². The third-order valence-electron chi connectivity index (χ3n) is 3.05. The van der Waals surface area contributed by atoms with Crippen molar-refractivity contribution < 1.29 is 13.2 Å². The lowest BCUT2D eigenvalue weighted by Gasteiger charge is -2.27. The summed E-state index contributed by atoms with van der Waals surface area (Å²) in [6.07, 6.45) is 2.98. The molecule has 1 aliphatic heterocycles. The molecule has 1 aromatic heterocycles. The topological polar surface area (TPSA) is 71.5 Å². The lowest BCUT2D eigenvalue weighted by molar-refractivity contribution is 0.122. The van der Waals surface area contributed by atoms with Crippen LogP contribution in [-0.4, -0.2) is 57.8 Å². The SMILES string of the molecule is CC(CS(C)(=O)=O)Nc1ccc(N2CCOCC2)nc1. The number of aromatic nitrogens is 1. The second-order valence-electron chi connectivity index (χ2n) is 5.14. The molecular formula is C13H21N3O3S. The maximum atomic E-state index is 11.2. The van der Waals surface area contributed by atoms with Crippen molar-refractivity contribution in [2.75, 3.05) is 48.5 Å². The summed E-state index contributed by atoms with van der Waals surface area (Å²) in [6, 6.07) is 3.73. The molecule has 0 aliphatic carbocycles. The van der Waals surface area contributed by atoms with E-state index in [0.717, 1.165) is 37.8 Å². The van der Waals surface area contributed by atoms with Gasteiger partial charge in [-0.1, -0.05) is 0 Å². The van der Waals surface area contributed by atoms with Crippen molar-refractivity contribution >= 4 is 21.3 Å². The number of morpholine rings is 1. The largest absolute Gasteiger partial charge is 0.380 e. The molecule has 1 N–H and O–H groups in total. The molecule has 0 bridgehead atoms. The number of nitrogens with zero attached hydrogens (tertiary/aromatic N) is 2. The number of hydrogen-bond donors (Lipinski definition) is 1. The van der Waals surface area contributed by atoms with Crippen molar-refractivity contribution in [3.63, 3.8) is 0 Å². The molecule has 112 valence electrons. The van der Waals surface area contributed by atoms with Crippen molar-refractivity contribution in [2.45, 2.75) is 13.0 Å². The average molecular weight is 299 g/mol. The summed E-state index contributed by atoms with van der Waals surface area (Å²) >= 11 is 0. The van der Waals surface area contributed by atoms with Gasteiger partial charge in [-0.2, -0.15) is 0 Å². The van der Waals surface area contributed by atoms with Gasteiger partial charge in [-0.05, 0) is 19.1 Å². The van der Waals surface area contributed by atoms with Gasteiger partial charge in [0.1, 0.15) is 15.7 Å². The van der Waals surface area contributed by atoms with Crippen LogP contribution >= 0.6 is 0 Å². The van der Waals surface area contributed by atoms with Gasteiger partial charge in [-0.25, -0.2) is 13.4 Å². The lowest BCUT2D eigenvalue weighted by Crippen LogP contribution is -2.36. The zero-order chi connectivity index (χ0) is 14.6. The van der Waals surface area contributed by atoms with Crippen LogP contribution in [0.3, 0.4) is 0 Å². The van der Waals surface area contributed by atoms with Crippen molar-refractivity contribution in [3.05, 3.63) is 18.3 Å². The van der Waals surface area contributed by atoms with Crippen LogP contribution in [0.25, 0.3) is 0 Å². The van der Waals surface area contributed by atoms with Gasteiger partial charge < -0.3 is 15.0 Å². The molecule has 7 heteroatoms. The second-order valence-corrected chi connectivity index (χ2v) is 7.33. The summed E-state index contributed by atoms with van der Waals surface area (Å²) in [6.45, 7) is 5.01. The van der Waals surface area contributed by atoms with Gasteiger partial charge in [0, 0.05) is 25.4 Å². The zero-order valence-corrected chi connectivity index (χ0v) is 12.7. The van der Waals surface area contributed by atoms with E-state index in [4.69, 9.17) is 4.74 Å². The number of hydrogen-bond acceptors (Lipinski definition) is 6. The Bertz CT molecular complexity index is 524. The maximum absolute atomic E-state index is 11.2. The van der Waals surface area contributed by atoms with E-state index < -0.39 is 9.84 Å². The molecule has 0 saturated carbocycles. The third-order valence-corrected chi connectivity index (χ3v) is 4.15. The Kier molecular flexibility index (Phi) is 4.82. The van der Waals surface area contributed by atoms with Gasteiger partial charge >= 0.3 is 0 Å². The molecule has 1 fully saturated rings. The smallest absolute Gasteiger partial charge is 0.149 e. The minimum Gasteiger partial charge on any atom is -0.380 e. The van der Waals surface area contributed by atoms with E-state index in [0.29, 0.717) is 0 Å². The number of sulfone groups is 1. The molecule has 1 saturated heterocycles. The number of rotatable bonds is 5. The monoisotopic (exact) mass is 299 g/mol. The average Bonchev–Trinajstić information content (AvgIpc) is 2.38. The van der Waals surface area contributed by atoms with E-state index >= 15 is 0 Å². The van der Waals surface area contributed by atoms with Crippen molar-refractivity contribution in [2.24, 2.45) is 0 Å². The highest BCUT2D eigenvalue weighted by atomic mass is 32.2. The number of ether oxygens (including phenoxy) is 1. The fourth-order valence-electron chi connectivity index (χ4n) is 2.23. The lowest BCUT2D eigenvalue weighted by atomic mass is 10.3. The van der Waals surface area contributed by atoms with Crippen LogP contribution in [0.4, 0.5) is 11.5 Å². The Balaban J connectivity index is 1.94. The van der Waals surface area contributed by atoms with E-state index in [9.17, 15) is 8.42 Å². The van der Waals surface area contributed by atoms with Gasteiger partial charge in [0.25, 0.3) is 0 Å². The second kappa shape index (κ2) is 6.41. The van der Waals surface area contributed by atoms with E-state index in [-0.39, 0.29) is 11.8 Å². The molecule has 1 atom stereocenters. The molecule has 1 aliphatic rings. The third kappa shape index (κ3) is 4.64. The van der Waals surface area contributed by atoms with Crippen LogP contribution in [0.2, 0.25) is 0 Å².